The lowest BCUT2D eigenvalue weighted by atomic mass is 9.87. The second-order valence-corrected chi connectivity index (χ2v) is 5.80. The number of likely N-dealkylation sites (tertiary alicyclic amines) is 1. The Morgan fingerprint density at radius 3 is 2.81 bits per heavy atom. The van der Waals surface area contributed by atoms with Crippen LogP contribution in [0.5, 0.6) is 0 Å². The first kappa shape index (κ1) is 14.5. The first-order valence-corrected chi connectivity index (χ1v) is 7.67. The molecule has 3 rings (SSSR count). The van der Waals surface area contributed by atoms with Crippen LogP contribution in [0.3, 0.4) is 0 Å². The van der Waals surface area contributed by atoms with Gasteiger partial charge in [-0.3, -0.25) is 9.78 Å². The van der Waals surface area contributed by atoms with Gasteiger partial charge in [0.1, 0.15) is 0 Å². The molecule has 1 aromatic rings. The summed E-state index contributed by atoms with van der Waals surface area (Å²) in [6.45, 7) is 4.93. The van der Waals surface area contributed by atoms with Crippen LogP contribution in [0.4, 0.5) is 0 Å². The summed E-state index contributed by atoms with van der Waals surface area (Å²) < 4.78 is 11.7. The van der Waals surface area contributed by atoms with Crippen molar-refractivity contribution in [3.05, 3.63) is 30.1 Å². The zero-order valence-electron chi connectivity index (χ0n) is 12.5. The van der Waals surface area contributed by atoms with Gasteiger partial charge in [-0.25, -0.2) is 0 Å². The van der Waals surface area contributed by atoms with Gasteiger partial charge in [0, 0.05) is 44.1 Å². The second-order valence-electron chi connectivity index (χ2n) is 5.80. The quantitative estimate of drug-likeness (QED) is 0.853. The van der Waals surface area contributed by atoms with E-state index < -0.39 is 0 Å². The van der Waals surface area contributed by atoms with Crippen molar-refractivity contribution in [1.82, 2.24) is 9.88 Å². The number of hydrogen-bond donors (Lipinski definition) is 0. The molecule has 0 aliphatic carbocycles. The molecule has 1 amide bonds. The molecular weight excluding hydrogens is 268 g/mol. The summed E-state index contributed by atoms with van der Waals surface area (Å²) in [6.07, 6.45) is 6.29. The molecule has 0 saturated carbocycles. The van der Waals surface area contributed by atoms with Crippen molar-refractivity contribution in [2.24, 2.45) is 0 Å². The molecule has 5 heteroatoms. The van der Waals surface area contributed by atoms with Crippen molar-refractivity contribution in [3.8, 4) is 0 Å². The summed E-state index contributed by atoms with van der Waals surface area (Å²) in [4.78, 5) is 18.3. The Kier molecular flexibility index (Phi) is 4.22. The highest BCUT2D eigenvalue weighted by Crippen LogP contribution is 2.37. The predicted octanol–water partition coefficient (Wildman–Crippen LogP) is 1.88. The average Bonchev–Trinajstić information content (AvgIpc) is 2.91. The Hall–Kier alpha value is -1.46. The fraction of sp³-hybridized carbons (Fsp3) is 0.625. The lowest BCUT2D eigenvalue weighted by Gasteiger charge is -2.38. The van der Waals surface area contributed by atoms with Crippen LogP contribution in [0.2, 0.25) is 0 Å². The predicted molar refractivity (Wildman–Crippen MR) is 78.1 cm³/mol. The van der Waals surface area contributed by atoms with Crippen LogP contribution >= 0.6 is 0 Å². The number of carbonyl (C=O) groups excluding carboxylic acids is 1. The molecule has 3 heterocycles. The minimum atomic E-state index is -0.0745. The van der Waals surface area contributed by atoms with Gasteiger partial charge < -0.3 is 14.4 Å². The highest BCUT2D eigenvalue weighted by atomic mass is 16.6. The molecule has 0 aromatic carbocycles. The van der Waals surface area contributed by atoms with Crippen LogP contribution in [0, 0.1) is 0 Å². The number of carbonyl (C=O) groups is 1. The molecule has 5 nitrogen and oxygen atoms in total. The van der Waals surface area contributed by atoms with Crippen molar-refractivity contribution in [2.45, 2.75) is 37.9 Å². The Bertz CT molecular complexity index is 484. The van der Waals surface area contributed by atoms with Gasteiger partial charge in [-0.15, -0.1) is 0 Å². The number of ether oxygens (including phenoxy) is 2. The van der Waals surface area contributed by atoms with E-state index >= 15 is 0 Å². The summed E-state index contributed by atoms with van der Waals surface area (Å²) >= 11 is 0. The van der Waals surface area contributed by atoms with E-state index in [1.165, 1.54) is 0 Å². The lowest BCUT2D eigenvalue weighted by molar-refractivity contribution is -0.0407. The van der Waals surface area contributed by atoms with E-state index in [4.69, 9.17) is 9.47 Å². The molecule has 1 atom stereocenters. The molecule has 0 bridgehead atoms. The van der Waals surface area contributed by atoms with Crippen molar-refractivity contribution >= 4 is 5.91 Å². The monoisotopic (exact) mass is 290 g/mol. The smallest absolute Gasteiger partial charge is 0.253 e. The second kappa shape index (κ2) is 6.12. The highest BCUT2D eigenvalue weighted by Gasteiger charge is 2.43. The van der Waals surface area contributed by atoms with Gasteiger partial charge in [0.25, 0.3) is 5.91 Å². The molecule has 0 radical (unpaired) electrons. The Morgan fingerprint density at radius 2 is 2.14 bits per heavy atom. The molecule has 2 saturated heterocycles. The molecular formula is C16H22N2O3. The Morgan fingerprint density at radius 1 is 1.43 bits per heavy atom. The number of rotatable bonds is 3. The van der Waals surface area contributed by atoms with Crippen LogP contribution in [-0.4, -0.2) is 53.8 Å². The maximum Gasteiger partial charge on any atom is 0.253 e. The number of aromatic nitrogens is 1. The van der Waals surface area contributed by atoms with Gasteiger partial charge >= 0.3 is 0 Å². The topological polar surface area (TPSA) is 51.7 Å². The van der Waals surface area contributed by atoms with Gasteiger partial charge in [-0.1, -0.05) is 0 Å². The largest absolute Gasteiger partial charge is 0.376 e. The lowest BCUT2D eigenvalue weighted by Crippen LogP contribution is -2.46. The van der Waals surface area contributed by atoms with Crippen molar-refractivity contribution in [1.29, 1.82) is 0 Å². The van der Waals surface area contributed by atoms with E-state index in [-0.39, 0.29) is 17.6 Å². The van der Waals surface area contributed by atoms with Gasteiger partial charge in [-0.2, -0.15) is 0 Å². The number of piperidine rings is 1. The molecule has 114 valence electrons. The maximum atomic E-state index is 12.4. The van der Waals surface area contributed by atoms with E-state index in [2.05, 4.69) is 4.98 Å². The van der Waals surface area contributed by atoms with Crippen LogP contribution in [-0.2, 0) is 9.47 Å². The van der Waals surface area contributed by atoms with E-state index in [0.717, 1.165) is 39.0 Å². The van der Waals surface area contributed by atoms with Crippen LogP contribution < -0.4 is 0 Å². The zero-order chi connectivity index (χ0) is 14.7. The summed E-state index contributed by atoms with van der Waals surface area (Å²) in [6, 6.07) is 3.54. The first-order valence-electron chi connectivity index (χ1n) is 7.67. The fourth-order valence-corrected chi connectivity index (χ4v) is 3.29. The Balaban J connectivity index is 1.57. The molecule has 1 unspecified atom stereocenters. The molecule has 2 aliphatic heterocycles. The van der Waals surface area contributed by atoms with Gasteiger partial charge in [-0.05, 0) is 31.9 Å². The first-order chi connectivity index (χ1) is 10.2. The van der Waals surface area contributed by atoms with E-state index in [1.54, 1.807) is 24.5 Å². The van der Waals surface area contributed by atoms with Gasteiger partial charge in [0.05, 0.1) is 18.3 Å². The highest BCUT2D eigenvalue weighted by molar-refractivity contribution is 5.94. The third-order valence-corrected chi connectivity index (χ3v) is 4.47. The number of hydrogen-bond acceptors (Lipinski definition) is 4. The molecule has 0 N–H and O–H groups in total. The summed E-state index contributed by atoms with van der Waals surface area (Å²) in [5, 5.41) is 0. The van der Waals surface area contributed by atoms with Crippen LogP contribution in [0.25, 0.3) is 0 Å². The van der Waals surface area contributed by atoms with Crippen LogP contribution in [0.15, 0.2) is 24.5 Å². The number of nitrogens with zero attached hydrogens (tertiary/aromatic N) is 2. The minimum Gasteiger partial charge on any atom is -0.376 e. The molecule has 2 aliphatic rings. The van der Waals surface area contributed by atoms with Crippen LogP contribution in [0.1, 0.15) is 36.5 Å². The Labute approximate surface area is 125 Å². The number of pyridine rings is 1. The standard InChI is InChI=1S/C16H22N2O3/c1-2-20-14-11-16(21-12-14)5-9-18(10-6-16)15(19)13-3-7-17-8-4-13/h3-4,7-8,14H,2,5-6,9-12H2,1H3. The zero-order valence-corrected chi connectivity index (χ0v) is 12.5. The van der Waals surface area contributed by atoms with Gasteiger partial charge in [0.15, 0.2) is 0 Å². The SMILES string of the molecule is CCOC1COC2(CCN(C(=O)c3ccncc3)CC2)C1. The van der Waals surface area contributed by atoms with E-state index in [1.807, 2.05) is 11.8 Å². The third kappa shape index (κ3) is 3.09. The summed E-state index contributed by atoms with van der Waals surface area (Å²) in [5.74, 6) is 0.0894. The van der Waals surface area contributed by atoms with E-state index in [9.17, 15) is 4.79 Å². The fourth-order valence-electron chi connectivity index (χ4n) is 3.29. The van der Waals surface area contributed by atoms with Crippen molar-refractivity contribution in [2.75, 3.05) is 26.3 Å². The minimum absolute atomic E-state index is 0.0745. The molecule has 21 heavy (non-hydrogen) atoms. The van der Waals surface area contributed by atoms with E-state index in [0.29, 0.717) is 12.2 Å². The summed E-state index contributed by atoms with van der Waals surface area (Å²) in [5.41, 5.74) is 0.634. The number of amides is 1. The summed E-state index contributed by atoms with van der Waals surface area (Å²) in [7, 11) is 0. The normalized spacial score (nSPS) is 24.4. The van der Waals surface area contributed by atoms with Crippen molar-refractivity contribution < 1.29 is 14.3 Å². The molecule has 2 fully saturated rings. The maximum absolute atomic E-state index is 12.4. The third-order valence-electron chi connectivity index (χ3n) is 4.47. The average molecular weight is 290 g/mol. The van der Waals surface area contributed by atoms with Gasteiger partial charge in [0.2, 0.25) is 0 Å². The van der Waals surface area contributed by atoms with Crippen molar-refractivity contribution in [3.63, 3.8) is 0 Å². The molecule has 1 spiro atoms. The molecule has 1 aromatic heterocycles.